The quantitative estimate of drug-likeness (QED) is 0.897. The summed E-state index contributed by atoms with van der Waals surface area (Å²) in [5, 5.41) is 10.0. The zero-order chi connectivity index (χ0) is 18.2. The van der Waals surface area contributed by atoms with Crippen LogP contribution < -0.4 is 0 Å². The van der Waals surface area contributed by atoms with E-state index in [1.165, 1.54) is 5.56 Å². The molecule has 1 saturated heterocycles. The maximum Gasteiger partial charge on any atom is 0.305 e. The van der Waals surface area contributed by atoms with Gasteiger partial charge in [0.2, 0.25) is 0 Å². The van der Waals surface area contributed by atoms with Crippen molar-refractivity contribution in [2.75, 3.05) is 19.8 Å². The van der Waals surface area contributed by atoms with Gasteiger partial charge in [0.25, 0.3) is 5.91 Å². The molecule has 1 aliphatic heterocycles. The number of carbonyl (C=O) groups excluding carboxylic acids is 1. The summed E-state index contributed by atoms with van der Waals surface area (Å²) in [6.07, 6.45) is -0.111. The number of fused-ring (bicyclic) bond motifs is 1. The minimum Gasteiger partial charge on any atom is -0.481 e. The molecule has 1 aromatic carbocycles. The van der Waals surface area contributed by atoms with Gasteiger partial charge in [0.05, 0.1) is 25.7 Å². The fourth-order valence-electron chi connectivity index (χ4n) is 3.16. The molecule has 2 heterocycles. The van der Waals surface area contributed by atoms with Crippen LogP contribution in [0.3, 0.4) is 0 Å². The Balaban J connectivity index is 1.89. The van der Waals surface area contributed by atoms with Crippen LogP contribution in [0, 0.1) is 0 Å². The molecule has 0 spiro atoms. The number of nitrogens with one attached hydrogen (secondary N) is 1. The van der Waals surface area contributed by atoms with Gasteiger partial charge >= 0.3 is 5.97 Å². The number of benzene rings is 1. The van der Waals surface area contributed by atoms with Gasteiger partial charge in [-0.15, -0.1) is 0 Å². The zero-order valence-electron chi connectivity index (χ0n) is 14.8. The van der Waals surface area contributed by atoms with E-state index in [2.05, 4.69) is 37.9 Å². The van der Waals surface area contributed by atoms with Gasteiger partial charge < -0.3 is 19.7 Å². The lowest BCUT2D eigenvalue weighted by molar-refractivity contribution is -0.139. The van der Waals surface area contributed by atoms with E-state index in [9.17, 15) is 9.59 Å². The van der Waals surface area contributed by atoms with E-state index in [4.69, 9.17) is 9.84 Å². The topological polar surface area (TPSA) is 82.6 Å². The first-order valence-electron chi connectivity index (χ1n) is 8.49. The van der Waals surface area contributed by atoms with Crippen molar-refractivity contribution in [1.29, 1.82) is 0 Å². The van der Waals surface area contributed by atoms with Gasteiger partial charge in [-0.1, -0.05) is 32.9 Å². The maximum atomic E-state index is 12.9. The summed E-state index contributed by atoms with van der Waals surface area (Å²) >= 11 is 0. The van der Waals surface area contributed by atoms with Gasteiger partial charge in [0, 0.05) is 17.4 Å². The third kappa shape index (κ3) is 3.69. The number of aliphatic carboxylic acids is 1. The SMILES string of the molecule is CC(C)(C)c1ccc2cc(C(=O)N3CCOCC3CC(=O)O)[nH]c2c1. The number of nitrogens with zero attached hydrogens (tertiary/aromatic N) is 1. The predicted octanol–water partition coefficient (Wildman–Crippen LogP) is 2.78. The van der Waals surface area contributed by atoms with E-state index in [1.54, 1.807) is 4.90 Å². The van der Waals surface area contributed by atoms with Crippen molar-refractivity contribution in [2.24, 2.45) is 0 Å². The molecule has 1 atom stereocenters. The molecule has 1 aliphatic rings. The molecule has 0 saturated carbocycles. The molecule has 1 aromatic heterocycles. The number of morpholine rings is 1. The Kier molecular flexibility index (Phi) is 4.56. The third-order valence-electron chi connectivity index (χ3n) is 4.62. The number of ether oxygens (including phenoxy) is 1. The number of carbonyl (C=O) groups is 2. The summed E-state index contributed by atoms with van der Waals surface area (Å²) in [6.45, 7) is 7.52. The number of hydrogen-bond donors (Lipinski definition) is 2. The minimum absolute atomic E-state index is 0.0280. The minimum atomic E-state index is -0.931. The molecule has 0 bridgehead atoms. The number of carboxylic acid groups (broad SMARTS) is 1. The Morgan fingerprint density at radius 1 is 1.32 bits per heavy atom. The van der Waals surface area contributed by atoms with Crippen molar-refractivity contribution in [3.63, 3.8) is 0 Å². The molecule has 3 rings (SSSR count). The van der Waals surface area contributed by atoms with Gasteiger partial charge in [0.1, 0.15) is 5.69 Å². The van der Waals surface area contributed by atoms with E-state index < -0.39 is 12.0 Å². The molecular formula is C19H24N2O4. The van der Waals surface area contributed by atoms with E-state index in [0.29, 0.717) is 18.8 Å². The molecule has 0 aliphatic carbocycles. The number of aromatic nitrogens is 1. The predicted molar refractivity (Wildman–Crippen MR) is 94.9 cm³/mol. The van der Waals surface area contributed by atoms with Gasteiger partial charge in [-0.25, -0.2) is 0 Å². The number of carboxylic acids is 1. The molecule has 2 N–H and O–H groups in total. The molecular weight excluding hydrogens is 320 g/mol. The molecule has 2 aromatic rings. The highest BCUT2D eigenvalue weighted by atomic mass is 16.5. The molecule has 1 fully saturated rings. The number of hydrogen-bond acceptors (Lipinski definition) is 3. The van der Waals surface area contributed by atoms with E-state index >= 15 is 0 Å². The molecule has 25 heavy (non-hydrogen) atoms. The Morgan fingerprint density at radius 2 is 2.08 bits per heavy atom. The number of rotatable bonds is 3. The summed E-state index contributed by atoms with van der Waals surface area (Å²) in [5.74, 6) is -1.11. The van der Waals surface area contributed by atoms with Crippen LogP contribution >= 0.6 is 0 Å². The number of aromatic amines is 1. The highest BCUT2D eigenvalue weighted by Crippen LogP contribution is 2.27. The molecule has 134 valence electrons. The fraction of sp³-hybridized carbons (Fsp3) is 0.474. The van der Waals surface area contributed by atoms with Crippen LogP contribution in [0.4, 0.5) is 0 Å². The van der Waals surface area contributed by atoms with Gasteiger partial charge in [-0.3, -0.25) is 9.59 Å². The molecule has 1 amide bonds. The Morgan fingerprint density at radius 3 is 2.76 bits per heavy atom. The van der Waals surface area contributed by atoms with E-state index in [1.807, 2.05) is 12.1 Å². The Bertz CT molecular complexity index is 803. The summed E-state index contributed by atoms with van der Waals surface area (Å²) in [6, 6.07) is 7.55. The van der Waals surface area contributed by atoms with E-state index in [-0.39, 0.29) is 24.3 Å². The van der Waals surface area contributed by atoms with Gasteiger partial charge in [-0.05, 0) is 23.1 Å². The second kappa shape index (κ2) is 6.52. The first kappa shape index (κ1) is 17.5. The second-order valence-corrected chi connectivity index (χ2v) is 7.56. The zero-order valence-corrected chi connectivity index (χ0v) is 14.8. The van der Waals surface area contributed by atoms with Crippen molar-refractivity contribution in [3.05, 3.63) is 35.5 Å². The van der Waals surface area contributed by atoms with Crippen molar-refractivity contribution in [3.8, 4) is 0 Å². The first-order valence-corrected chi connectivity index (χ1v) is 8.49. The number of H-pyrrole nitrogens is 1. The highest BCUT2D eigenvalue weighted by molar-refractivity contribution is 5.98. The molecule has 6 nitrogen and oxygen atoms in total. The smallest absolute Gasteiger partial charge is 0.305 e. The third-order valence-corrected chi connectivity index (χ3v) is 4.62. The van der Waals surface area contributed by atoms with Crippen molar-refractivity contribution in [2.45, 2.75) is 38.6 Å². The van der Waals surface area contributed by atoms with Crippen molar-refractivity contribution < 1.29 is 19.4 Å². The standard InChI is InChI=1S/C19H24N2O4/c1-19(2,3)13-5-4-12-8-16(20-15(12)9-13)18(24)21-6-7-25-11-14(21)10-17(22)23/h4-5,8-9,14,20H,6-7,10-11H2,1-3H3,(H,22,23). The summed E-state index contributed by atoms with van der Waals surface area (Å²) in [5.41, 5.74) is 2.62. The Labute approximate surface area is 146 Å². The maximum absolute atomic E-state index is 12.9. The lowest BCUT2D eigenvalue weighted by atomic mass is 9.87. The van der Waals surface area contributed by atoms with Crippen LogP contribution in [-0.4, -0.2) is 52.7 Å². The van der Waals surface area contributed by atoms with Crippen molar-refractivity contribution in [1.82, 2.24) is 9.88 Å². The average Bonchev–Trinajstić information content (AvgIpc) is 2.96. The van der Waals surface area contributed by atoms with Gasteiger partial charge in [0.15, 0.2) is 0 Å². The molecule has 0 radical (unpaired) electrons. The fourth-order valence-corrected chi connectivity index (χ4v) is 3.16. The monoisotopic (exact) mass is 344 g/mol. The summed E-state index contributed by atoms with van der Waals surface area (Å²) in [4.78, 5) is 28.7. The van der Waals surface area contributed by atoms with Gasteiger partial charge in [-0.2, -0.15) is 0 Å². The lowest BCUT2D eigenvalue weighted by Crippen LogP contribution is -2.49. The van der Waals surface area contributed by atoms with E-state index in [0.717, 1.165) is 10.9 Å². The largest absolute Gasteiger partial charge is 0.481 e. The summed E-state index contributed by atoms with van der Waals surface area (Å²) in [7, 11) is 0. The first-order chi connectivity index (χ1) is 11.8. The van der Waals surface area contributed by atoms with Crippen LogP contribution in [-0.2, 0) is 14.9 Å². The van der Waals surface area contributed by atoms with Crippen LogP contribution in [0.5, 0.6) is 0 Å². The van der Waals surface area contributed by atoms with Crippen molar-refractivity contribution >= 4 is 22.8 Å². The Hall–Kier alpha value is -2.34. The average molecular weight is 344 g/mol. The van der Waals surface area contributed by atoms with Crippen LogP contribution in [0.2, 0.25) is 0 Å². The molecule has 1 unspecified atom stereocenters. The molecule has 6 heteroatoms. The normalized spacial score (nSPS) is 18.5. The lowest BCUT2D eigenvalue weighted by Gasteiger charge is -2.34. The van der Waals surface area contributed by atoms with Crippen LogP contribution in [0.15, 0.2) is 24.3 Å². The van der Waals surface area contributed by atoms with Crippen LogP contribution in [0.25, 0.3) is 10.9 Å². The van der Waals surface area contributed by atoms with Crippen LogP contribution in [0.1, 0.15) is 43.2 Å². The number of amides is 1. The summed E-state index contributed by atoms with van der Waals surface area (Å²) < 4.78 is 5.34. The second-order valence-electron chi connectivity index (χ2n) is 7.56. The highest BCUT2D eigenvalue weighted by Gasteiger charge is 2.30.